The van der Waals surface area contributed by atoms with E-state index < -0.39 is 0 Å². The maximum Gasteiger partial charge on any atom is 0.0951 e. The number of hydrogen-bond acceptors (Lipinski definition) is 2. The summed E-state index contributed by atoms with van der Waals surface area (Å²) in [6.45, 7) is 5.26. The quantitative estimate of drug-likeness (QED) is 0.826. The summed E-state index contributed by atoms with van der Waals surface area (Å²) in [4.78, 5) is 4.21. The Morgan fingerprint density at radius 1 is 1.53 bits per heavy atom. The molecule has 84 valence electrons. The molecule has 0 spiro atoms. The Hall–Kier alpha value is -0.830. The van der Waals surface area contributed by atoms with E-state index in [1.54, 1.807) is 0 Å². The molecule has 3 heteroatoms. The summed E-state index contributed by atoms with van der Waals surface area (Å²) in [5, 5.41) is 0. The summed E-state index contributed by atoms with van der Waals surface area (Å²) in [6, 6.07) is 0.621. The van der Waals surface area contributed by atoms with Crippen LogP contribution in [0.2, 0.25) is 0 Å². The molecular weight excluding hydrogens is 186 g/mol. The summed E-state index contributed by atoms with van der Waals surface area (Å²) in [5.74, 6) is 1.64. The van der Waals surface area contributed by atoms with E-state index in [1.165, 1.54) is 25.0 Å². The number of imidazole rings is 1. The van der Waals surface area contributed by atoms with Crippen LogP contribution in [0.3, 0.4) is 0 Å². The molecule has 3 nitrogen and oxygen atoms in total. The fourth-order valence-corrected chi connectivity index (χ4v) is 2.98. The van der Waals surface area contributed by atoms with Crippen LogP contribution in [0.25, 0.3) is 0 Å². The highest BCUT2D eigenvalue weighted by Crippen LogP contribution is 2.41. The lowest BCUT2D eigenvalue weighted by Crippen LogP contribution is -2.18. The van der Waals surface area contributed by atoms with Crippen molar-refractivity contribution in [3.8, 4) is 0 Å². The second-order valence-electron chi connectivity index (χ2n) is 4.67. The molecule has 0 amide bonds. The average Bonchev–Trinajstić information content (AvgIpc) is 2.83. The molecule has 0 aliphatic heterocycles. The van der Waals surface area contributed by atoms with Crippen molar-refractivity contribution >= 4 is 0 Å². The number of nitrogens with zero attached hydrogens (tertiary/aromatic N) is 2. The molecule has 0 aromatic carbocycles. The molecule has 15 heavy (non-hydrogen) atoms. The minimum Gasteiger partial charge on any atom is -0.330 e. The largest absolute Gasteiger partial charge is 0.330 e. The first-order valence-electron chi connectivity index (χ1n) is 5.98. The van der Waals surface area contributed by atoms with Crippen LogP contribution in [0.15, 0.2) is 12.5 Å². The predicted octanol–water partition coefficient (Wildman–Crippen LogP) is 2.34. The number of nitrogens with two attached hydrogens (primary N) is 1. The highest BCUT2D eigenvalue weighted by molar-refractivity contribution is 5.02. The Labute approximate surface area is 91.7 Å². The first-order chi connectivity index (χ1) is 7.27. The lowest BCUT2D eigenvalue weighted by Gasteiger charge is -2.22. The molecule has 2 rings (SSSR count). The highest BCUT2D eigenvalue weighted by atomic mass is 15.1. The van der Waals surface area contributed by atoms with Gasteiger partial charge < -0.3 is 10.3 Å². The van der Waals surface area contributed by atoms with Crippen molar-refractivity contribution in [2.45, 2.75) is 45.7 Å². The molecule has 1 aliphatic rings. The Bertz CT molecular complexity index is 318. The minimum atomic E-state index is 0.597. The van der Waals surface area contributed by atoms with E-state index in [0.717, 1.165) is 11.8 Å². The van der Waals surface area contributed by atoms with E-state index >= 15 is 0 Å². The zero-order chi connectivity index (χ0) is 10.8. The second kappa shape index (κ2) is 4.35. The van der Waals surface area contributed by atoms with Crippen LogP contribution in [0.1, 0.15) is 44.8 Å². The molecule has 1 saturated carbocycles. The Kier molecular flexibility index (Phi) is 3.10. The fourth-order valence-electron chi connectivity index (χ4n) is 2.98. The van der Waals surface area contributed by atoms with E-state index in [-0.39, 0.29) is 0 Å². The first kappa shape index (κ1) is 10.7. The fraction of sp³-hybridized carbons (Fsp3) is 0.750. The van der Waals surface area contributed by atoms with Crippen molar-refractivity contribution in [3.63, 3.8) is 0 Å². The van der Waals surface area contributed by atoms with Gasteiger partial charge in [-0.3, -0.25) is 0 Å². The standard InChI is InChI=1S/C12H21N3/c1-3-10-4-5-12(9(10)2)15-8-14-7-11(15)6-13/h7-10,12H,3-6,13H2,1-2H3. The van der Waals surface area contributed by atoms with Gasteiger partial charge in [0.2, 0.25) is 0 Å². The summed E-state index contributed by atoms with van der Waals surface area (Å²) < 4.78 is 2.29. The summed E-state index contributed by atoms with van der Waals surface area (Å²) >= 11 is 0. The topological polar surface area (TPSA) is 43.8 Å². The van der Waals surface area contributed by atoms with E-state index in [9.17, 15) is 0 Å². The Morgan fingerprint density at radius 3 is 2.93 bits per heavy atom. The zero-order valence-corrected chi connectivity index (χ0v) is 9.69. The molecular formula is C12H21N3. The molecule has 0 bridgehead atoms. The van der Waals surface area contributed by atoms with Crippen LogP contribution in [-0.4, -0.2) is 9.55 Å². The van der Waals surface area contributed by atoms with Crippen LogP contribution in [0, 0.1) is 11.8 Å². The Balaban J connectivity index is 2.18. The maximum atomic E-state index is 5.71. The van der Waals surface area contributed by atoms with Crippen LogP contribution >= 0.6 is 0 Å². The normalized spacial score (nSPS) is 31.0. The average molecular weight is 207 g/mol. The molecule has 0 saturated heterocycles. The van der Waals surface area contributed by atoms with Gasteiger partial charge in [-0.15, -0.1) is 0 Å². The van der Waals surface area contributed by atoms with Crippen LogP contribution in [0.5, 0.6) is 0 Å². The summed E-state index contributed by atoms with van der Waals surface area (Å²) in [6.07, 6.45) is 7.77. The second-order valence-corrected chi connectivity index (χ2v) is 4.67. The van der Waals surface area contributed by atoms with Crippen molar-refractivity contribution in [2.75, 3.05) is 0 Å². The Morgan fingerprint density at radius 2 is 2.33 bits per heavy atom. The lowest BCUT2D eigenvalue weighted by atomic mass is 9.93. The predicted molar refractivity (Wildman–Crippen MR) is 61.3 cm³/mol. The van der Waals surface area contributed by atoms with E-state index in [0.29, 0.717) is 12.6 Å². The van der Waals surface area contributed by atoms with E-state index in [4.69, 9.17) is 5.73 Å². The van der Waals surface area contributed by atoms with Gasteiger partial charge in [0.25, 0.3) is 0 Å². The highest BCUT2D eigenvalue weighted by Gasteiger charge is 2.33. The molecule has 1 aliphatic carbocycles. The van der Waals surface area contributed by atoms with Crippen molar-refractivity contribution in [1.82, 2.24) is 9.55 Å². The van der Waals surface area contributed by atoms with Gasteiger partial charge in [-0.1, -0.05) is 20.3 Å². The molecule has 1 heterocycles. The van der Waals surface area contributed by atoms with Gasteiger partial charge in [-0.05, 0) is 24.7 Å². The van der Waals surface area contributed by atoms with Crippen LogP contribution in [-0.2, 0) is 6.54 Å². The van der Waals surface area contributed by atoms with Gasteiger partial charge >= 0.3 is 0 Å². The van der Waals surface area contributed by atoms with Gasteiger partial charge in [0.15, 0.2) is 0 Å². The van der Waals surface area contributed by atoms with Crippen molar-refractivity contribution < 1.29 is 0 Å². The van der Waals surface area contributed by atoms with Crippen LogP contribution < -0.4 is 5.73 Å². The third-order valence-corrected chi connectivity index (χ3v) is 4.02. The van der Waals surface area contributed by atoms with Gasteiger partial charge in [0, 0.05) is 18.8 Å². The first-order valence-corrected chi connectivity index (χ1v) is 5.98. The molecule has 2 N–H and O–H groups in total. The molecule has 1 aromatic heterocycles. The zero-order valence-electron chi connectivity index (χ0n) is 9.69. The molecule has 1 aromatic rings. The van der Waals surface area contributed by atoms with Gasteiger partial charge in [0.1, 0.15) is 0 Å². The number of rotatable bonds is 3. The van der Waals surface area contributed by atoms with Crippen molar-refractivity contribution in [2.24, 2.45) is 17.6 Å². The number of hydrogen-bond donors (Lipinski definition) is 1. The smallest absolute Gasteiger partial charge is 0.0951 e. The van der Waals surface area contributed by atoms with Gasteiger partial charge in [-0.25, -0.2) is 4.98 Å². The van der Waals surface area contributed by atoms with E-state index in [2.05, 4.69) is 23.4 Å². The van der Waals surface area contributed by atoms with Crippen molar-refractivity contribution in [3.05, 3.63) is 18.2 Å². The summed E-state index contributed by atoms with van der Waals surface area (Å²) in [7, 11) is 0. The van der Waals surface area contributed by atoms with Crippen LogP contribution in [0.4, 0.5) is 0 Å². The molecule has 3 unspecified atom stereocenters. The summed E-state index contributed by atoms with van der Waals surface area (Å²) in [5.41, 5.74) is 6.88. The SMILES string of the molecule is CCC1CCC(n2cncc2CN)C1C. The molecule has 0 radical (unpaired) electrons. The number of aromatic nitrogens is 2. The monoisotopic (exact) mass is 207 g/mol. The lowest BCUT2D eigenvalue weighted by molar-refractivity contribution is 0.325. The molecule has 1 fully saturated rings. The van der Waals surface area contributed by atoms with Gasteiger partial charge in [0.05, 0.1) is 12.0 Å². The third kappa shape index (κ3) is 1.81. The maximum absolute atomic E-state index is 5.71. The van der Waals surface area contributed by atoms with Crippen molar-refractivity contribution in [1.29, 1.82) is 0 Å². The third-order valence-electron chi connectivity index (χ3n) is 4.02. The van der Waals surface area contributed by atoms with Gasteiger partial charge in [-0.2, -0.15) is 0 Å². The minimum absolute atomic E-state index is 0.597. The van der Waals surface area contributed by atoms with E-state index in [1.807, 2.05) is 12.5 Å². The molecule has 3 atom stereocenters.